The summed E-state index contributed by atoms with van der Waals surface area (Å²) in [7, 11) is 0. The zero-order chi connectivity index (χ0) is 15.2. The maximum absolute atomic E-state index is 11.9. The third kappa shape index (κ3) is 4.28. The van der Waals surface area contributed by atoms with Gasteiger partial charge in [-0.05, 0) is 34.1 Å². The summed E-state index contributed by atoms with van der Waals surface area (Å²) in [5.74, 6) is -0.292. The van der Waals surface area contributed by atoms with Crippen LogP contribution in [0.2, 0.25) is 0 Å². The minimum Gasteiger partial charge on any atom is -0.376 e. The number of benzene rings is 2. The Hall–Kier alpha value is -2.41. The van der Waals surface area contributed by atoms with Gasteiger partial charge < -0.3 is 10.6 Å². The molecule has 0 heterocycles. The van der Waals surface area contributed by atoms with Gasteiger partial charge in [-0.1, -0.05) is 18.2 Å². The molecule has 0 aliphatic heterocycles. The van der Waals surface area contributed by atoms with E-state index in [4.69, 9.17) is 0 Å². The van der Waals surface area contributed by atoms with E-state index in [0.29, 0.717) is 10.2 Å². The number of hydrogen-bond acceptors (Lipinski definition) is 4. The standard InChI is InChI=1S/C14H12BrN3O3/c15-12-7-6-11(18(20)21)8-13(12)17-14(19)9-16-10-4-2-1-3-5-10/h1-8,16H,9H2,(H,17,19). The van der Waals surface area contributed by atoms with E-state index in [-0.39, 0.29) is 18.1 Å². The maximum atomic E-state index is 11.9. The second kappa shape index (κ2) is 6.85. The summed E-state index contributed by atoms with van der Waals surface area (Å²) in [6.45, 7) is 0.0686. The van der Waals surface area contributed by atoms with Crippen LogP contribution in [0.3, 0.4) is 0 Å². The Balaban J connectivity index is 1.99. The second-order valence-electron chi connectivity index (χ2n) is 4.19. The zero-order valence-electron chi connectivity index (χ0n) is 10.9. The number of amides is 1. The molecule has 0 fully saturated rings. The molecule has 0 radical (unpaired) electrons. The number of para-hydroxylation sites is 1. The van der Waals surface area contributed by atoms with E-state index in [1.54, 1.807) is 0 Å². The lowest BCUT2D eigenvalue weighted by Gasteiger charge is -2.09. The van der Waals surface area contributed by atoms with Crippen molar-refractivity contribution < 1.29 is 9.72 Å². The van der Waals surface area contributed by atoms with E-state index in [1.807, 2.05) is 30.3 Å². The molecule has 0 spiro atoms. The molecule has 0 unspecified atom stereocenters. The van der Waals surface area contributed by atoms with Crippen LogP contribution in [0.5, 0.6) is 0 Å². The van der Waals surface area contributed by atoms with Crippen molar-refractivity contribution >= 4 is 38.9 Å². The topological polar surface area (TPSA) is 84.3 Å². The number of halogens is 1. The van der Waals surface area contributed by atoms with Crippen LogP contribution in [0.25, 0.3) is 0 Å². The van der Waals surface area contributed by atoms with Gasteiger partial charge in [-0.25, -0.2) is 0 Å². The molecule has 0 saturated heterocycles. The monoisotopic (exact) mass is 349 g/mol. The van der Waals surface area contributed by atoms with Gasteiger partial charge in [0, 0.05) is 22.3 Å². The van der Waals surface area contributed by atoms with E-state index >= 15 is 0 Å². The average molecular weight is 350 g/mol. The molecular weight excluding hydrogens is 338 g/mol. The molecule has 0 aliphatic carbocycles. The lowest BCUT2D eigenvalue weighted by atomic mass is 10.3. The Morgan fingerprint density at radius 2 is 1.90 bits per heavy atom. The summed E-state index contributed by atoms with van der Waals surface area (Å²) in [5, 5.41) is 16.3. The van der Waals surface area contributed by atoms with Crippen molar-refractivity contribution in [2.75, 3.05) is 17.2 Å². The molecule has 6 nitrogen and oxygen atoms in total. The van der Waals surface area contributed by atoms with Gasteiger partial charge in [-0.3, -0.25) is 14.9 Å². The fourth-order valence-corrected chi connectivity index (χ4v) is 2.00. The first-order valence-corrected chi connectivity index (χ1v) is 6.88. The van der Waals surface area contributed by atoms with Crippen LogP contribution in [-0.4, -0.2) is 17.4 Å². The number of nitro groups is 1. The van der Waals surface area contributed by atoms with Crippen LogP contribution in [0.15, 0.2) is 53.0 Å². The lowest BCUT2D eigenvalue weighted by molar-refractivity contribution is -0.384. The highest BCUT2D eigenvalue weighted by Gasteiger charge is 2.11. The number of nitrogens with one attached hydrogen (secondary N) is 2. The summed E-state index contributed by atoms with van der Waals surface area (Å²) < 4.78 is 0.584. The number of rotatable bonds is 5. The molecule has 7 heteroatoms. The van der Waals surface area contributed by atoms with Crippen molar-refractivity contribution in [3.63, 3.8) is 0 Å². The molecule has 1 amide bonds. The Bertz CT molecular complexity index is 662. The number of carbonyl (C=O) groups excluding carboxylic acids is 1. The molecule has 0 aromatic heterocycles. The quantitative estimate of drug-likeness (QED) is 0.639. The Labute approximate surface area is 129 Å². The normalized spacial score (nSPS) is 9.95. The van der Waals surface area contributed by atoms with Gasteiger partial charge in [-0.15, -0.1) is 0 Å². The van der Waals surface area contributed by atoms with Crippen LogP contribution in [0, 0.1) is 10.1 Å². The van der Waals surface area contributed by atoms with Gasteiger partial charge in [0.25, 0.3) is 5.69 Å². The van der Waals surface area contributed by atoms with Crippen molar-refractivity contribution in [3.05, 3.63) is 63.1 Å². The highest BCUT2D eigenvalue weighted by atomic mass is 79.9. The molecular formula is C14H12BrN3O3. The minimum absolute atomic E-state index is 0.0686. The molecule has 2 rings (SSSR count). The first-order chi connectivity index (χ1) is 10.1. The Morgan fingerprint density at radius 1 is 1.19 bits per heavy atom. The summed E-state index contributed by atoms with van der Waals surface area (Å²) in [6, 6.07) is 13.5. The predicted octanol–water partition coefficient (Wildman–Crippen LogP) is 3.41. The summed E-state index contributed by atoms with van der Waals surface area (Å²) in [4.78, 5) is 22.1. The largest absolute Gasteiger partial charge is 0.376 e. The average Bonchev–Trinajstić information content (AvgIpc) is 2.48. The van der Waals surface area contributed by atoms with Crippen LogP contribution < -0.4 is 10.6 Å². The summed E-state index contributed by atoms with van der Waals surface area (Å²) in [5.41, 5.74) is 1.11. The van der Waals surface area contributed by atoms with Gasteiger partial charge in [0.1, 0.15) is 0 Å². The fraction of sp³-hybridized carbons (Fsp3) is 0.0714. The Kier molecular flexibility index (Phi) is 4.89. The number of carbonyl (C=O) groups is 1. The van der Waals surface area contributed by atoms with E-state index in [2.05, 4.69) is 26.6 Å². The third-order valence-electron chi connectivity index (χ3n) is 2.66. The fourth-order valence-electron chi connectivity index (χ4n) is 1.66. The van der Waals surface area contributed by atoms with Crippen LogP contribution >= 0.6 is 15.9 Å². The number of anilines is 2. The molecule has 2 N–H and O–H groups in total. The van der Waals surface area contributed by atoms with E-state index < -0.39 is 4.92 Å². The minimum atomic E-state index is -0.510. The molecule has 0 bridgehead atoms. The van der Waals surface area contributed by atoms with Crippen molar-refractivity contribution in [1.29, 1.82) is 0 Å². The van der Waals surface area contributed by atoms with Crippen molar-refractivity contribution in [2.45, 2.75) is 0 Å². The van der Waals surface area contributed by atoms with Crippen molar-refractivity contribution in [2.24, 2.45) is 0 Å². The van der Waals surface area contributed by atoms with Crippen LogP contribution in [0.4, 0.5) is 17.1 Å². The number of nitro benzene ring substituents is 1. The van der Waals surface area contributed by atoms with Gasteiger partial charge in [0.05, 0.1) is 17.2 Å². The zero-order valence-corrected chi connectivity index (χ0v) is 12.5. The third-order valence-corrected chi connectivity index (χ3v) is 3.35. The van der Waals surface area contributed by atoms with Crippen molar-refractivity contribution in [3.8, 4) is 0 Å². The summed E-state index contributed by atoms with van der Waals surface area (Å²) >= 11 is 3.25. The highest BCUT2D eigenvalue weighted by molar-refractivity contribution is 9.10. The lowest BCUT2D eigenvalue weighted by Crippen LogP contribution is -2.21. The second-order valence-corrected chi connectivity index (χ2v) is 5.04. The van der Waals surface area contributed by atoms with E-state index in [0.717, 1.165) is 5.69 Å². The Morgan fingerprint density at radius 3 is 2.57 bits per heavy atom. The van der Waals surface area contributed by atoms with Gasteiger partial charge >= 0.3 is 0 Å². The smallest absolute Gasteiger partial charge is 0.271 e. The molecule has 0 aliphatic rings. The maximum Gasteiger partial charge on any atom is 0.271 e. The first kappa shape index (κ1) is 15.0. The number of hydrogen-bond donors (Lipinski definition) is 2. The first-order valence-electron chi connectivity index (χ1n) is 6.09. The molecule has 2 aromatic rings. The molecule has 108 valence electrons. The van der Waals surface area contributed by atoms with Crippen LogP contribution in [0.1, 0.15) is 0 Å². The van der Waals surface area contributed by atoms with E-state index in [9.17, 15) is 14.9 Å². The molecule has 2 aromatic carbocycles. The molecule has 21 heavy (non-hydrogen) atoms. The summed E-state index contributed by atoms with van der Waals surface area (Å²) in [6.07, 6.45) is 0. The van der Waals surface area contributed by atoms with Gasteiger partial charge in [0.15, 0.2) is 0 Å². The van der Waals surface area contributed by atoms with Gasteiger partial charge in [-0.2, -0.15) is 0 Å². The SMILES string of the molecule is O=C(CNc1ccccc1)Nc1cc([N+](=O)[O-])ccc1Br. The number of nitrogens with zero attached hydrogens (tertiary/aromatic N) is 1. The van der Waals surface area contributed by atoms with Crippen LogP contribution in [-0.2, 0) is 4.79 Å². The van der Waals surface area contributed by atoms with E-state index in [1.165, 1.54) is 18.2 Å². The predicted molar refractivity (Wildman–Crippen MR) is 84.4 cm³/mol. The molecule has 0 saturated carbocycles. The number of non-ortho nitro benzene ring substituents is 1. The van der Waals surface area contributed by atoms with Gasteiger partial charge in [0.2, 0.25) is 5.91 Å². The highest BCUT2D eigenvalue weighted by Crippen LogP contribution is 2.27. The van der Waals surface area contributed by atoms with Crippen molar-refractivity contribution in [1.82, 2.24) is 0 Å². The molecule has 0 atom stereocenters.